The van der Waals surface area contributed by atoms with E-state index in [1.165, 1.54) is 19.3 Å². The average molecular weight is 291 g/mol. The topological polar surface area (TPSA) is 44.5 Å². The molecule has 1 aliphatic rings. The van der Waals surface area contributed by atoms with Crippen molar-refractivity contribution in [1.82, 2.24) is 0 Å². The summed E-state index contributed by atoms with van der Waals surface area (Å²) >= 11 is 0. The van der Waals surface area contributed by atoms with Crippen LogP contribution in [0.25, 0.3) is 0 Å². The van der Waals surface area contributed by atoms with E-state index in [2.05, 4.69) is 13.8 Å². The Morgan fingerprint density at radius 2 is 1.81 bits per heavy atom. The van der Waals surface area contributed by atoms with Gasteiger partial charge in [0.25, 0.3) is 0 Å². The maximum Gasteiger partial charge on any atom is 0.119 e. The van der Waals surface area contributed by atoms with Gasteiger partial charge in [0.15, 0.2) is 0 Å². The zero-order valence-corrected chi connectivity index (χ0v) is 13.4. The van der Waals surface area contributed by atoms with Gasteiger partial charge < -0.3 is 15.2 Å². The van der Waals surface area contributed by atoms with Gasteiger partial charge in [-0.3, -0.25) is 0 Å². The van der Waals surface area contributed by atoms with E-state index in [0.29, 0.717) is 19.3 Å². The highest BCUT2D eigenvalue weighted by molar-refractivity contribution is 5.26. The fraction of sp³-hybridized carbons (Fsp3) is 0.667. The first kappa shape index (κ1) is 16.3. The minimum atomic E-state index is 0.458. The number of hydrogen-bond acceptors (Lipinski definition) is 3. The van der Waals surface area contributed by atoms with Gasteiger partial charge in [-0.25, -0.2) is 0 Å². The maximum absolute atomic E-state index is 5.98. The third-order valence-electron chi connectivity index (χ3n) is 4.62. The molecule has 0 radical (unpaired) electrons. The molecule has 21 heavy (non-hydrogen) atoms. The molecule has 0 aromatic heterocycles. The lowest BCUT2D eigenvalue weighted by Crippen LogP contribution is -2.27. The number of benzene rings is 1. The molecule has 0 saturated heterocycles. The molecule has 1 aromatic rings. The van der Waals surface area contributed by atoms with Gasteiger partial charge in [0.1, 0.15) is 5.75 Å². The van der Waals surface area contributed by atoms with Crippen LogP contribution in [0.2, 0.25) is 0 Å². The standard InChI is InChI=1S/C18H29NO2/c1-14-4-7-18(12-15(14)2)21-11-3-10-20-17-8-5-16(13-19)6-9-17/h5-6,8-9,14-15,18H,3-4,7,10-13,19H2,1-2H3. The number of ether oxygens (including phenoxy) is 2. The molecule has 118 valence electrons. The van der Waals surface area contributed by atoms with Gasteiger partial charge in [0, 0.05) is 13.0 Å². The lowest BCUT2D eigenvalue weighted by Gasteiger charge is -2.31. The number of rotatable bonds is 7. The van der Waals surface area contributed by atoms with E-state index in [4.69, 9.17) is 15.2 Å². The smallest absolute Gasteiger partial charge is 0.119 e. The van der Waals surface area contributed by atoms with Crippen LogP contribution in [0.3, 0.4) is 0 Å². The molecular weight excluding hydrogens is 262 g/mol. The summed E-state index contributed by atoms with van der Waals surface area (Å²) in [4.78, 5) is 0. The molecule has 0 spiro atoms. The molecule has 0 amide bonds. The van der Waals surface area contributed by atoms with E-state index in [1.54, 1.807) is 0 Å². The Bertz CT molecular complexity index is 404. The van der Waals surface area contributed by atoms with Gasteiger partial charge in [0.2, 0.25) is 0 Å². The second kappa shape index (κ2) is 8.40. The molecular formula is C18H29NO2. The fourth-order valence-corrected chi connectivity index (χ4v) is 2.87. The van der Waals surface area contributed by atoms with Crippen LogP contribution in [-0.2, 0) is 11.3 Å². The molecule has 3 atom stereocenters. The van der Waals surface area contributed by atoms with Crippen molar-refractivity contribution in [2.24, 2.45) is 17.6 Å². The predicted molar refractivity (Wildman–Crippen MR) is 86.4 cm³/mol. The second-order valence-corrected chi connectivity index (χ2v) is 6.31. The Kier molecular flexibility index (Phi) is 6.52. The van der Waals surface area contributed by atoms with Crippen molar-refractivity contribution in [2.75, 3.05) is 13.2 Å². The highest BCUT2D eigenvalue weighted by Gasteiger charge is 2.24. The first-order valence-electron chi connectivity index (χ1n) is 8.22. The first-order valence-corrected chi connectivity index (χ1v) is 8.22. The summed E-state index contributed by atoms with van der Waals surface area (Å²) in [5.41, 5.74) is 6.70. The third-order valence-corrected chi connectivity index (χ3v) is 4.62. The molecule has 1 saturated carbocycles. The second-order valence-electron chi connectivity index (χ2n) is 6.31. The van der Waals surface area contributed by atoms with Gasteiger partial charge in [-0.15, -0.1) is 0 Å². The van der Waals surface area contributed by atoms with Gasteiger partial charge in [0.05, 0.1) is 19.3 Å². The summed E-state index contributed by atoms with van der Waals surface area (Å²) < 4.78 is 11.7. The molecule has 1 aliphatic carbocycles. The molecule has 0 heterocycles. The van der Waals surface area contributed by atoms with Crippen LogP contribution in [-0.4, -0.2) is 19.3 Å². The average Bonchev–Trinajstić information content (AvgIpc) is 2.51. The highest BCUT2D eigenvalue weighted by atomic mass is 16.5. The molecule has 3 heteroatoms. The third kappa shape index (κ3) is 5.33. The molecule has 2 N–H and O–H groups in total. The zero-order valence-electron chi connectivity index (χ0n) is 13.4. The monoisotopic (exact) mass is 291 g/mol. The minimum Gasteiger partial charge on any atom is -0.494 e. The van der Waals surface area contributed by atoms with Crippen LogP contribution >= 0.6 is 0 Å². The quantitative estimate of drug-likeness (QED) is 0.778. The van der Waals surface area contributed by atoms with Gasteiger partial charge in [-0.2, -0.15) is 0 Å². The SMILES string of the molecule is CC1CCC(OCCCOc2ccc(CN)cc2)CC1C. The van der Waals surface area contributed by atoms with E-state index < -0.39 is 0 Å². The van der Waals surface area contributed by atoms with E-state index >= 15 is 0 Å². The van der Waals surface area contributed by atoms with Gasteiger partial charge >= 0.3 is 0 Å². The molecule has 1 fully saturated rings. The maximum atomic E-state index is 5.98. The summed E-state index contributed by atoms with van der Waals surface area (Å²) in [7, 11) is 0. The predicted octanol–water partition coefficient (Wildman–Crippen LogP) is 3.76. The van der Waals surface area contributed by atoms with Crippen molar-refractivity contribution in [2.45, 2.75) is 52.2 Å². The van der Waals surface area contributed by atoms with Crippen LogP contribution < -0.4 is 10.5 Å². The molecule has 3 nitrogen and oxygen atoms in total. The summed E-state index contributed by atoms with van der Waals surface area (Å²) in [6.45, 7) is 6.78. The van der Waals surface area contributed by atoms with E-state index in [1.807, 2.05) is 24.3 Å². The van der Waals surface area contributed by atoms with Crippen molar-refractivity contribution in [3.05, 3.63) is 29.8 Å². The fourth-order valence-electron chi connectivity index (χ4n) is 2.87. The van der Waals surface area contributed by atoms with Crippen LogP contribution in [0.5, 0.6) is 5.75 Å². The lowest BCUT2D eigenvalue weighted by molar-refractivity contribution is -0.00160. The summed E-state index contributed by atoms with van der Waals surface area (Å²) in [5.74, 6) is 2.55. The first-order chi connectivity index (χ1) is 10.2. The van der Waals surface area contributed by atoms with E-state index in [9.17, 15) is 0 Å². The molecule has 0 bridgehead atoms. The molecule has 2 rings (SSSR count). The van der Waals surface area contributed by atoms with E-state index in [0.717, 1.165) is 36.2 Å². The zero-order chi connectivity index (χ0) is 15.1. The van der Waals surface area contributed by atoms with Crippen molar-refractivity contribution in [3.8, 4) is 5.75 Å². The van der Waals surface area contributed by atoms with Crippen LogP contribution in [0.1, 0.15) is 45.1 Å². The van der Waals surface area contributed by atoms with Crippen molar-refractivity contribution >= 4 is 0 Å². The summed E-state index contributed by atoms with van der Waals surface area (Å²) in [6, 6.07) is 7.98. The largest absolute Gasteiger partial charge is 0.494 e. The van der Waals surface area contributed by atoms with Crippen molar-refractivity contribution < 1.29 is 9.47 Å². The lowest BCUT2D eigenvalue weighted by atomic mass is 9.80. The summed E-state index contributed by atoms with van der Waals surface area (Å²) in [5, 5.41) is 0. The minimum absolute atomic E-state index is 0.458. The molecule has 3 unspecified atom stereocenters. The van der Waals surface area contributed by atoms with Gasteiger partial charge in [-0.1, -0.05) is 26.0 Å². The summed E-state index contributed by atoms with van der Waals surface area (Å²) in [6.07, 6.45) is 5.13. The van der Waals surface area contributed by atoms with Crippen LogP contribution in [0, 0.1) is 11.8 Å². The Morgan fingerprint density at radius 1 is 1.05 bits per heavy atom. The Morgan fingerprint density at radius 3 is 2.48 bits per heavy atom. The molecule has 0 aliphatic heterocycles. The molecule has 1 aromatic carbocycles. The van der Waals surface area contributed by atoms with Gasteiger partial charge in [-0.05, 0) is 48.8 Å². The normalized spacial score (nSPS) is 25.8. The Hall–Kier alpha value is -1.06. The van der Waals surface area contributed by atoms with Crippen molar-refractivity contribution in [1.29, 1.82) is 0 Å². The Balaban J connectivity index is 1.57. The van der Waals surface area contributed by atoms with Crippen LogP contribution in [0.15, 0.2) is 24.3 Å². The van der Waals surface area contributed by atoms with E-state index in [-0.39, 0.29) is 0 Å². The number of nitrogens with two attached hydrogens (primary N) is 1. The van der Waals surface area contributed by atoms with Crippen molar-refractivity contribution in [3.63, 3.8) is 0 Å². The number of hydrogen-bond donors (Lipinski definition) is 1. The highest BCUT2D eigenvalue weighted by Crippen LogP contribution is 2.30. The Labute approximate surface area is 128 Å². The van der Waals surface area contributed by atoms with Crippen LogP contribution in [0.4, 0.5) is 0 Å².